The SMILES string of the molecule is CNC(c1cnn(C)c1)C1COc2ccccc2C1. The molecular formula is C15H19N3O. The minimum Gasteiger partial charge on any atom is -0.493 e. The van der Waals surface area contributed by atoms with Crippen molar-refractivity contribution in [3.8, 4) is 5.75 Å². The van der Waals surface area contributed by atoms with Gasteiger partial charge in [-0.15, -0.1) is 0 Å². The zero-order chi connectivity index (χ0) is 13.2. The zero-order valence-electron chi connectivity index (χ0n) is 11.3. The van der Waals surface area contributed by atoms with Crippen LogP contribution in [0.15, 0.2) is 36.7 Å². The smallest absolute Gasteiger partial charge is 0.122 e. The van der Waals surface area contributed by atoms with Gasteiger partial charge in [0.2, 0.25) is 0 Å². The molecule has 1 aliphatic heterocycles. The first kappa shape index (κ1) is 12.2. The molecule has 2 unspecified atom stereocenters. The molecule has 0 saturated carbocycles. The van der Waals surface area contributed by atoms with Crippen molar-refractivity contribution < 1.29 is 4.74 Å². The Bertz CT molecular complexity index is 564. The van der Waals surface area contributed by atoms with E-state index in [9.17, 15) is 0 Å². The van der Waals surface area contributed by atoms with Gasteiger partial charge in [-0.2, -0.15) is 5.10 Å². The highest BCUT2D eigenvalue weighted by Crippen LogP contribution is 2.33. The molecule has 2 heterocycles. The molecule has 0 radical (unpaired) electrons. The number of nitrogens with one attached hydrogen (secondary N) is 1. The van der Waals surface area contributed by atoms with E-state index in [1.807, 2.05) is 37.1 Å². The van der Waals surface area contributed by atoms with Crippen molar-refractivity contribution in [3.05, 3.63) is 47.8 Å². The average Bonchev–Trinajstić information content (AvgIpc) is 2.86. The molecule has 3 rings (SSSR count). The van der Waals surface area contributed by atoms with Crippen LogP contribution in [0, 0.1) is 5.92 Å². The van der Waals surface area contributed by atoms with Gasteiger partial charge in [-0.1, -0.05) is 18.2 Å². The predicted molar refractivity (Wildman–Crippen MR) is 74.1 cm³/mol. The molecule has 4 nitrogen and oxygen atoms in total. The molecular weight excluding hydrogens is 238 g/mol. The summed E-state index contributed by atoms with van der Waals surface area (Å²) in [4.78, 5) is 0. The topological polar surface area (TPSA) is 39.1 Å². The Kier molecular flexibility index (Phi) is 3.25. The number of benzene rings is 1. The number of nitrogens with zero attached hydrogens (tertiary/aromatic N) is 2. The quantitative estimate of drug-likeness (QED) is 0.913. The third kappa shape index (κ3) is 2.36. The third-order valence-electron chi connectivity index (χ3n) is 3.77. The van der Waals surface area contributed by atoms with Gasteiger partial charge in [0.1, 0.15) is 5.75 Å². The van der Waals surface area contributed by atoms with Gasteiger partial charge in [0.25, 0.3) is 0 Å². The highest BCUT2D eigenvalue weighted by molar-refractivity contribution is 5.35. The van der Waals surface area contributed by atoms with Crippen LogP contribution >= 0.6 is 0 Å². The van der Waals surface area contributed by atoms with Crippen molar-refractivity contribution in [2.24, 2.45) is 13.0 Å². The van der Waals surface area contributed by atoms with Crippen molar-refractivity contribution in [1.82, 2.24) is 15.1 Å². The first-order chi connectivity index (χ1) is 9.28. The lowest BCUT2D eigenvalue weighted by Gasteiger charge is -2.31. The second kappa shape index (κ2) is 5.05. The largest absolute Gasteiger partial charge is 0.493 e. The summed E-state index contributed by atoms with van der Waals surface area (Å²) in [6.45, 7) is 0.747. The number of hydrogen-bond acceptors (Lipinski definition) is 3. The van der Waals surface area contributed by atoms with Gasteiger partial charge < -0.3 is 10.1 Å². The van der Waals surface area contributed by atoms with E-state index in [4.69, 9.17) is 4.74 Å². The summed E-state index contributed by atoms with van der Waals surface area (Å²) in [7, 11) is 3.95. The number of hydrogen-bond donors (Lipinski definition) is 1. The fourth-order valence-electron chi connectivity index (χ4n) is 2.84. The Hall–Kier alpha value is -1.81. The van der Waals surface area contributed by atoms with Crippen LogP contribution in [-0.4, -0.2) is 23.4 Å². The molecule has 2 atom stereocenters. The molecule has 0 bridgehead atoms. The maximum Gasteiger partial charge on any atom is 0.122 e. The lowest BCUT2D eigenvalue weighted by molar-refractivity contribution is 0.188. The molecule has 100 valence electrons. The Morgan fingerprint density at radius 3 is 3.00 bits per heavy atom. The molecule has 1 aromatic heterocycles. The summed E-state index contributed by atoms with van der Waals surface area (Å²) >= 11 is 0. The summed E-state index contributed by atoms with van der Waals surface area (Å²) in [6.07, 6.45) is 5.04. The standard InChI is InChI=1S/C15H19N3O/c1-16-15(13-8-17-18(2)9-13)12-7-11-5-3-4-6-14(11)19-10-12/h3-6,8-9,12,15-16H,7,10H2,1-2H3. The van der Waals surface area contributed by atoms with Gasteiger partial charge in [-0.25, -0.2) is 0 Å². The first-order valence-electron chi connectivity index (χ1n) is 6.64. The second-order valence-electron chi connectivity index (χ2n) is 5.10. The third-order valence-corrected chi connectivity index (χ3v) is 3.77. The highest BCUT2D eigenvalue weighted by Gasteiger charge is 2.28. The van der Waals surface area contributed by atoms with E-state index < -0.39 is 0 Å². The van der Waals surface area contributed by atoms with Gasteiger partial charge in [0, 0.05) is 30.8 Å². The van der Waals surface area contributed by atoms with Crippen LogP contribution in [0.25, 0.3) is 0 Å². The van der Waals surface area contributed by atoms with E-state index in [1.165, 1.54) is 11.1 Å². The van der Waals surface area contributed by atoms with E-state index in [0.717, 1.165) is 18.8 Å². The van der Waals surface area contributed by atoms with E-state index in [-0.39, 0.29) is 6.04 Å². The highest BCUT2D eigenvalue weighted by atomic mass is 16.5. The zero-order valence-corrected chi connectivity index (χ0v) is 11.3. The van der Waals surface area contributed by atoms with Crippen LogP contribution in [-0.2, 0) is 13.5 Å². The van der Waals surface area contributed by atoms with Crippen molar-refractivity contribution >= 4 is 0 Å². The molecule has 0 aliphatic carbocycles. The first-order valence-corrected chi connectivity index (χ1v) is 6.64. The number of aromatic nitrogens is 2. The fourth-order valence-corrected chi connectivity index (χ4v) is 2.84. The Morgan fingerprint density at radius 2 is 2.26 bits per heavy atom. The van der Waals surface area contributed by atoms with Gasteiger partial charge in [-0.05, 0) is 25.1 Å². The number of ether oxygens (including phenoxy) is 1. The van der Waals surface area contributed by atoms with E-state index in [1.54, 1.807) is 0 Å². The average molecular weight is 257 g/mol. The second-order valence-corrected chi connectivity index (χ2v) is 5.10. The molecule has 1 N–H and O–H groups in total. The lowest BCUT2D eigenvalue weighted by atomic mass is 9.88. The molecule has 0 saturated heterocycles. The molecule has 0 spiro atoms. The minimum atomic E-state index is 0.280. The normalized spacial score (nSPS) is 19.6. The maximum atomic E-state index is 5.88. The van der Waals surface area contributed by atoms with Gasteiger partial charge in [-0.3, -0.25) is 4.68 Å². The maximum absolute atomic E-state index is 5.88. The number of fused-ring (bicyclic) bond motifs is 1. The summed E-state index contributed by atoms with van der Waals surface area (Å²) in [5, 5.41) is 7.66. The summed E-state index contributed by atoms with van der Waals surface area (Å²) in [5.41, 5.74) is 2.51. The summed E-state index contributed by atoms with van der Waals surface area (Å²) in [6, 6.07) is 8.57. The minimum absolute atomic E-state index is 0.280. The number of para-hydroxylation sites is 1. The van der Waals surface area contributed by atoms with Crippen molar-refractivity contribution in [1.29, 1.82) is 0 Å². The van der Waals surface area contributed by atoms with Crippen LogP contribution in [0.4, 0.5) is 0 Å². The van der Waals surface area contributed by atoms with Crippen LogP contribution in [0.1, 0.15) is 17.2 Å². The van der Waals surface area contributed by atoms with Crippen molar-refractivity contribution in [3.63, 3.8) is 0 Å². The number of aryl methyl sites for hydroxylation is 1. The Labute approximate surface area is 113 Å². The molecule has 2 aromatic rings. The molecule has 0 fully saturated rings. The van der Waals surface area contributed by atoms with Crippen LogP contribution in [0.5, 0.6) is 5.75 Å². The molecule has 19 heavy (non-hydrogen) atoms. The molecule has 0 amide bonds. The van der Waals surface area contributed by atoms with E-state index in [2.05, 4.69) is 28.7 Å². The van der Waals surface area contributed by atoms with Crippen molar-refractivity contribution in [2.75, 3.05) is 13.7 Å². The van der Waals surface area contributed by atoms with Crippen molar-refractivity contribution in [2.45, 2.75) is 12.5 Å². The van der Waals surface area contributed by atoms with Crippen LogP contribution in [0.2, 0.25) is 0 Å². The predicted octanol–water partition coefficient (Wildman–Crippen LogP) is 1.93. The Balaban J connectivity index is 1.83. The van der Waals surface area contributed by atoms with Crippen LogP contribution in [0.3, 0.4) is 0 Å². The van der Waals surface area contributed by atoms with Gasteiger partial charge in [0.05, 0.1) is 12.8 Å². The molecule has 1 aliphatic rings. The van der Waals surface area contributed by atoms with Crippen LogP contribution < -0.4 is 10.1 Å². The fraction of sp³-hybridized carbons (Fsp3) is 0.400. The monoisotopic (exact) mass is 257 g/mol. The van der Waals surface area contributed by atoms with Gasteiger partial charge in [0.15, 0.2) is 0 Å². The molecule has 4 heteroatoms. The summed E-state index contributed by atoms with van der Waals surface area (Å²) < 4.78 is 7.72. The van der Waals surface area contributed by atoms with E-state index in [0.29, 0.717) is 5.92 Å². The van der Waals surface area contributed by atoms with Gasteiger partial charge >= 0.3 is 0 Å². The summed E-state index contributed by atoms with van der Waals surface area (Å²) in [5.74, 6) is 1.46. The lowest BCUT2D eigenvalue weighted by Crippen LogP contribution is -2.33. The Morgan fingerprint density at radius 1 is 1.42 bits per heavy atom. The van der Waals surface area contributed by atoms with E-state index >= 15 is 0 Å². The molecule has 1 aromatic carbocycles. The number of rotatable bonds is 3.